The van der Waals surface area contributed by atoms with Crippen molar-refractivity contribution in [2.45, 2.75) is 38.9 Å². The highest BCUT2D eigenvalue weighted by Crippen LogP contribution is 2.15. The van der Waals surface area contributed by atoms with Gasteiger partial charge in [0.15, 0.2) is 0 Å². The molecule has 1 atom stereocenters. The summed E-state index contributed by atoms with van der Waals surface area (Å²) in [6.07, 6.45) is 2.19. The zero-order valence-corrected chi connectivity index (χ0v) is 8.54. The van der Waals surface area contributed by atoms with E-state index >= 15 is 0 Å². The van der Waals surface area contributed by atoms with Gasteiger partial charge < -0.3 is 14.6 Å². The van der Waals surface area contributed by atoms with Gasteiger partial charge in [-0.3, -0.25) is 0 Å². The van der Waals surface area contributed by atoms with Gasteiger partial charge in [0, 0.05) is 6.42 Å². The van der Waals surface area contributed by atoms with Crippen LogP contribution < -0.4 is 0 Å². The summed E-state index contributed by atoms with van der Waals surface area (Å²) in [6, 6.07) is 0. The highest BCUT2D eigenvalue weighted by Gasteiger charge is 2.19. The summed E-state index contributed by atoms with van der Waals surface area (Å²) in [5.74, 6) is 0.657. The third kappa shape index (κ3) is 3.79. The maximum Gasteiger partial charge on any atom is 0.134 e. The Morgan fingerprint density at radius 2 is 2.31 bits per heavy atom. The Hall–Kier alpha value is -0.540. The fourth-order valence-electron chi connectivity index (χ4n) is 1.08. The number of hydrogen-bond acceptors (Lipinski definition) is 3. The van der Waals surface area contributed by atoms with E-state index in [9.17, 15) is 5.11 Å². The first-order chi connectivity index (χ1) is 5.99. The number of aliphatic hydroxyl groups excluding tert-OH is 1. The van der Waals surface area contributed by atoms with Crippen LogP contribution in [0.25, 0.3) is 0 Å². The predicted octanol–water partition coefficient (Wildman–Crippen LogP) is 1.47. The zero-order valence-electron chi connectivity index (χ0n) is 8.54. The fourth-order valence-corrected chi connectivity index (χ4v) is 1.08. The topological polar surface area (TPSA) is 38.7 Å². The lowest BCUT2D eigenvalue weighted by molar-refractivity contribution is -0.0502. The lowest BCUT2D eigenvalue weighted by atomic mass is 10.2. The van der Waals surface area contributed by atoms with E-state index in [-0.39, 0.29) is 5.60 Å². The fraction of sp³-hybridized carbons (Fsp3) is 0.800. The van der Waals surface area contributed by atoms with Crippen molar-refractivity contribution >= 4 is 0 Å². The predicted molar refractivity (Wildman–Crippen MR) is 50.4 cm³/mol. The molecule has 0 aromatic rings. The van der Waals surface area contributed by atoms with Gasteiger partial charge in [0.25, 0.3) is 0 Å². The van der Waals surface area contributed by atoms with Gasteiger partial charge in [-0.25, -0.2) is 0 Å². The van der Waals surface area contributed by atoms with Crippen LogP contribution in [0.3, 0.4) is 0 Å². The number of aliphatic hydroxyl groups is 1. The van der Waals surface area contributed by atoms with E-state index in [0.717, 1.165) is 6.42 Å². The first-order valence-corrected chi connectivity index (χ1v) is 4.64. The van der Waals surface area contributed by atoms with Crippen molar-refractivity contribution in [2.24, 2.45) is 0 Å². The largest absolute Gasteiger partial charge is 0.495 e. The van der Waals surface area contributed by atoms with Crippen LogP contribution in [-0.2, 0) is 9.47 Å². The standard InChI is InChI=1S/C10H18O3/c1-10(2,3)13-7-8(11)9-5-4-6-12-9/h5,8,11H,4,6-7H2,1-3H3. The van der Waals surface area contributed by atoms with Gasteiger partial charge in [-0.2, -0.15) is 0 Å². The molecule has 13 heavy (non-hydrogen) atoms. The second kappa shape index (κ2) is 4.11. The van der Waals surface area contributed by atoms with Crippen LogP contribution in [0.1, 0.15) is 27.2 Å². The molecule has 1 heterocycles. The summed E-state index contributed by atoms with van der Waals surface area (Å²) in [5.41, 5.74) is -0.208. The molecule has 0 aromatic carbocycles. The van der Waals surface area contributed by atoms with Gasteiger partial charge in [0.2, 0.25) is 0 Å². The molecule has 0 bridgehead atoms. The van der Waals surface area contributed by atoms with Gasteiger partial charge in [-0.1, -0.05) is 0 Å². The van der Waals surface area contributed by atoms with E-state index in [2.05, 4.69) is 0 Å². The molecule has 0 radical (unpaired) electrons. The van der Waals surface area contributed by atoms with Crippen LogP contribution in [0.2, 0.25) is 0 Å². The van der Waals surface area contributed by atoms with E-state index in [1.807, 2.05) is 26.8 Å². The minimum Gasteiger partial charge on any atom is -0.495 e. The minimum absolute atomic E-state index is 0.208. The Morgan fingerprint density at radius 1 is 1.62 bits per heavy atom. The Bertz CT molecular complexity index is 191. The van der Waals surface area contributed by atoms with Crippen molar-refractivity contribution in [3.63, 3.8) is 0 Å². The molecule has 0 saturated heterocycles. The monoisotopic (exact) mass is 186 g/mol. The Morgan fingerprint density at radius 3 is 2.77 bits per heavy atom. The molecule has 0 saturated carbocycles. The van der Waals surface area contributed by atoms with Gasteiger partial charge in [0.05, 0.1) is 18.8 Å². The summed E-state index contributed by atoms with van der Waals surface area (Å²) in [6.45, 7) is 6.87. The third-order valence-electron chi connectivity index (χ3n) is 1.73. The van der Waals surface area contributed by atoms with Crippen LogP contribution in [0.4, 0.5) is 0 Å². The maximum atomic E-state index is 9.59. The molecule has 0 spiro atoms. The summed E-state index contributed by atoms with van der Waals surface area (Å²) < 4.78 is 10.6. The third-order valence-corrected chi connectivity index (χ3v) is 1.73. The van der Waals surface area contributed by atoms with Crippen LogP contribution in [0, 0.1) is 0 Å². The zero-order chi connectivity index (χ0) is 9.90. The van der Waals surface area contributed by atoms with E-state index in [4.69, 9.17) is 9.47 Å². The van der Waals surface area contributed by atoms with Crippen LogP contribution in [0.5, 0.6) is 0 Å². The summed E-state index contributed by atoms with van der Waals surface area (Å²) in [4.78, 5) is 0. The highest BCUT2D eigenvalue weighted by atomic mass is 16.5. The smallest absolute Gasteiger partial charge is 0.134 e. The quantitative estimate of drug-likeness (QED) is 0.725. The number of ether oxygens (including phenoxy) is 2. The molecular weight excluding hydrogens is 168 g/mol. The molecule has 0 amide bonds. The number of rotatable bonds is 3. The molecule has 1 N–H and O–H groups in total. The van der Waals surface area contributed by atoms with E-state index in [1.165, 1.54) is 0 Å². The lowest BCUT2D eigenvalue weighted by Gasteiger charge is -2.22. The second-order valence-corrected chi connectivity index (χ2v) is 4.18. The van der Waals surface area contributed by atoms with Crippen LogP contribution in [-0.4, -0.2) is 30.0 Å². The van der Waals surface area contributed by atoms with Crippen molar-refractivity contribution < 1.29 is 14.6 Å². The average Bonchev–Trinajstić information content (AvgIpc) is 2.50. The highest BCUT2D eigenvalue weighted by molar-refractivity contribution is 5.03. The van der Waals surface area contributed by atoms with Crippen LogP contribution in [0.15, 0.2) is 11.8 Å². The molecule has 1 rings (SSSR count). The average molecular weight is 186 g/mol. The molecule has 76 valence electrons. The van der Waals surface area contributed by atoms with Crippen molar-refractivity contribution in [2.75, 3.05) is 13.2 Å². The van der Waals surface area contributed by atoms with Crippen molar-refractivity contribution in [3.05, 3.63) is 11.8 Å². The van der Waals surface area contributed by atoms with Crippen LogP contribution >= 0.6 is 0 Å². The Balaban J connectivity index is 2.29. The summed E-state index contributed by atoms with van der Waals surface area (Å²) in [7, 11) is 0. The molecule has 3 nitrogen and oxygen atoms in total. The first-order valence-electron chi connectivity index (χ1n) is 4.64. The SMILES string of the molecule is CC(C)(C)OCC(O)C1=CCCO1. The second-order valence-electron chi connectivity index (χ2n) is 4.18. The molecule has 1 aliphatic rings. The Kier molecular flexibility index (Phi) is 3.33. The van der Waals surface area contributed by atoms with E-state index < -0.39 is 6.10 Å². The van der Waals surface area contributed by atoms with Gasteiger partial charge in [0.1, 0.15) is 11.9 Å². The first kappa shape index (κ1) is 10.5. The molecular formula is C10H18O3. The van der Waals surface area contributed by atoms with E-state index in [0.29, 0.717) is 19.0 Å². The van der Waals surface area contributed by atoms with Gasteiger partial charge in [-0.05, 0) is 26.8 Å². The molecule has 1 unspecified atom stereocenters. The minimum atomic E-state index is -0.610. The molecule has 0 aromatic heterocycles. The number of hydrogen-bond donors (Lipinski definition) is 1. The molecule has 1 aliphatic heterocycles. The molecule has 0 fully saturated rings. The Labute approximate surface area is 79.3 Å². The lowest BCUT2D eigenvalue weighted by Crippen LogP contribution is -2.27. The van der Waals surface area contributed by atoms with Crippen molar-refractivity contribution in [3.8, 4) is 0 Å². The van der Waals surface area contributed by atoms with Crippen molar-refractivity contribution in [1.82, 2.24) is 0 Å². The van der Waals surface area contributed by atoms with Gasteiger partial charge in [-0.15, -0.1) is 0 Å². The normalized spacial score (nSPS) is 19.5. The maximum absolute atomic E-state index is 9.59. The summed E-state index contributed by atoms with van der Waals surface area (Å²) in [5, 5.41) is 9.59. The van der Waals surface area contributed by atoms with E-state index in [1.54, 1.807) is 0 Å². The molecule has 3 heteroatoms. The summed E-state index contributed by atoms with van der Waals surface area (Å²) >= 11 is 0. The van der Waals surface area contributed by atoms with Gasteiger partial charge >= 0.3 is 0 Å². The van der Waals surface area contributed by atoms with Crippen molar-refractivity contribution in [1.29, 1.82) is 0 Å². The molecule has 0 aliphatic carbocycles.